The number of hydrogen-bond acceptors (Lipinski definition) is 8. The molecule has 0 unspecified atom stereocenters. The zero-order valence-corrected chi connectivity index (χ0v) is 23.0. The van der Waals surface area contributed by atoms with Gasteiger partial charge in [-0.1, -0.05) is 12.1 Å². The molecular weight excluding hydrogens is 547 g/mol. The molecule has 0 fully saturated rings. The fraction of sp³-hybridized carbons (Fsp3) is 0.308. The maximum Gasteiger partial charge on any atom is 0.418 e. The van der Waals surface area contributed by atoms with E-state index in [4.69, 9.17) is 4.74 Å². The molecular formula is C26H28F3N7O3S. The largest absolute Gasteiger partial charge is 0.495 e. The number of aromatic amines is 1. The summed E-state index contributed by atoms with van der Waals surface area (Å²) in [6, 6.07) is 9.78. The SMILES string of the molecule is COc1cc2c(cc1Nc1nc(Nc3ccccc3S(=O)(=O)N(C)C)c3c(C(F)(F)F)c[nH]c3n1)CN(C)CC2. The number of likely N-dealkylation sites (N-methyl/N-ethyl adjacent to an activating group) is 1. The Labute approximate surface area is 229 Å². The summed E-state index contributed by atoms with van der Waals surface area (Å²) in [7, 11) is 2.36. The zero-order chi connectivity index (χ0) is 28.8. The van der Waals surface area contributed by atoms with Crippen molar-refractivity contribution in [1.29, 1.82) is 0 Å². The Hall–Kier alpha value is -3.88. The van der Waals surface area contributed by atoms with Crippen molar-refractivity contribution >= 4 is 44.2 Å². The molecule has 14 heteroatoms. The van der Waals surface area contributed by atoms with Crippen LogP contribution in [-0.4, -0.2) is 67.4 Å². The van der Waals surface area contributed by atoms with Crippen molar-refractivity contribution in [2.45, 2.75) is 24.0 Å². The zero-order valence-electron chi connectivity index (χ0n) is 22.2. The highest BCUT2D eigenvalue weighted by Crippen LogP contribution is 2.40. The molecule has 1 aliphatic heterocycles. The van der Waals surface area contributed by atoms with Crippen LogP contribution in [0.15, 0.2) is 47.5 Å². The second-order valence-electron chi connectivity index (χ2n) is 9.66. The van der Waals surface area contributed by atoms with Crippen LogP contribution in [0.4, 0.5) is 36.3 Å². The van der Waals surface area contributed by atoms with E-state index < -0.39 is 21.8 Å². The number of nitrogens with one attached hydrogen (secondary N) is 3. The van der Waals surface area contributed by atoms with Crippen LogP contribution in [0.3, 0.4) is 0 Å². The van der Waals surface area contributed by atoms with E-state index in [1.807, 2.05) is 19.2 Å². The lowest BCUT2D eigenvalue weighted by atomic mass is 9.99. The van der Waals surface area contributed by atoms with Crippen LogP contribution in [-0.2, 0) is 29.2 Å². The molecule has 1 aliphatic rings. The van der Waals surface area contributed by atoms with Gasteiger partial charge in [0.1, 0.15) is 22.1 Å². The number of anilines is 4. The number of benzene rings is 2. The van der Waals surface area contributed by atoms with E-state index in [2.05, 4.69) is 30.5 Å². The number of ether oxygens (including phenoxy) is 1. The predicted molar refractivity (Wildman–Crippen MR) is 146 cm³/mol. The first-order valence-electron chi connectivity index (χ1n) is 12.3. The van der Waals surface area contributed by atoms with E-state index in [9.17, 15) is 21.6 Å². The Morgan fingerprint density at radius 2 is 1.82 bits per heavy atom. The molecule has 0 saturated heterocycles. The minimum absolute atomic E-state index is 0.0130. The van der Waals surface area contributed by atoms with Gasteiger partial charge in [0.05, 0.1) is 29.4 Å². The Balaban J connectivity index is 1.64. The third kappa shape index (κ3) is 5.17. The monoisotopic (exact) mass is 575 g/mol. The Morgan fingerprint density at radius 3 is 2.52 bits per heavy atom. The summed E-state index contributed by atoms with van der Waals surface area (Å²) in [6.07, 6.45) is -3.04. The molecule has 10 nitrogen and oxygen atoms in total. The fourth-order valence-electron chi connectivity index (χ4n) is 4.64. The molecule has 2 aromatic heterocycles. The lowest BCUT2D eigenvalue weighted by Crippen LogP contribution is -2.26. The predicted octanol–water partition coefficient (Wildman–Crippen LogP) is 4.71. The van der Waals surface area contributed by atoms with Crippen molar-refractivity contribution in [3.63, 3.8) is 0 Å². The third-order valence-corrected chi connectivity index (χ3v) is 8.58. The number of hydrogen-bond donors (Lipinski definition) is 3. The number of methoxy groups -OCH3 is 1. The summed E-state index contributed by atoms with van der Waals surface area (Å²) in [5.41, 5.74) is 1.76. The van der Waals surface area contributed by atoms with E-state index in [0.29, 0.717) is 11.4 Å². The summed E-state index contributed by atoms with van der Waals surface area (Å²) in [4.78, 5) is 13.3. The van der Waals surface area contributed by atoms with Gasteiger partial charge in [-0.3, -0.25) is 0 Å². The molecule has 3 N–H and O–H groups in total. The Morgan fingerprint density at radius 1 is 1.07 bits per heavy atom. The second-order valence-corrected chi connectivity index (χ2v) is 11.8. The standard InChI is InChI=1S/C26H28F3N7O3S/c1-35(2)40(37,38)21-8-6-5-7-18(21)31-24-22-17(26(27,28)29)13-30-23(22)33-25(34-24)32-19-11-16-14-36(3)10-9-15(16)12-20(19)39-4/h5-8,11-13H,9-10,14H2,1-4H3,(H3,30,31,32,33,34). The van der Waals surface area contributed by atoms with Crippen LogP contribution in [0.1, 0.15) is 16.7 Å². The second kappa shape index (κ2) is 10.3. The maximum absolute atomic E-state index is 13.9. The number of alkyl halides is 3. The topological polar surface area (TPSA) is 115 Å². The summed E-state index contributed by atoms with van der Waals surface area (Å²) < 4.78 is 74.3. The summed E-state index contributed by atoms with van der Waals surface area (Å²) in [5, 5.41) is 5.59. The molecule has 212 valence electrons. The first-order chi connectivity index (χ1) is 18.9. The number of sulfonamides is 1. The fourth-order valence-corrected chi connectivity index (χ4v) is 5.68. The highest BCUT2D eigenvalue weighted by molar-refractivity contribution is 7.89. The van der Waals surface area contributed by atoms with E-state index >= 15 is 0 Å². The number of halogens is 3. The van der Waals surface area contributed by atoms with Gasteiger partial charge in [-0.15, -0.1) is 0 Å². The first-order valence-corrected chi connectivity index (χ1v) is 13.7. The van der Waals surface area contributed by atoms with Gasteiger partial charge < -0.3 is 25.3 Å². The van der Waals surface area contributed by atoms with Crippen LogP contribution >= 0.6 is 0 Å². The highest BCUT2D eigenvalue weighted by atomic mass is 32.2. The molecule has 0 aliphatic carbocycles. The summed E-state index contributed by atoms with van der Waals surface area (Å²) in [5.74, 6) is 0.298. The van der Waals surface area contributed by atoms with Crippen LogP contribution in [0.25, 0.3) is 11.0 Å². The lowest BCUT2D eigenvalue weighted by Gasteiger charge is -2.26. The van der Waals surface area contributed by atoms with Gasteiger partial charge in [0.25, 0.3) is 0 Å². The van der Waals surface area contributed by atoms with Gasteiger partial charge >= 0.3 is 6.18 Å². The van der Waals surface area contributed by atoms with Gasteiger partial charge in [0.2, 0.25) is 16.0 Å². The van der Waals surface area contributed by atoms with Crippen molar-refractivity contribution in [2.75, 3.05) is 45.4 Å². The number of nitrogens with zero attached hydrogens (tertiary/aromatic N) is 4. The minimum atomic E-state index is -4.71. The highest BCUT2D eigenvalue weighted by Gasteiger charge is 2.36. The van der Waals surface area contributed by atoms with Gasteiger partial charge in [0.15, 0.2) is 0 Å². The average molecular weight is 576 g/mol. The molecule has 0 atom stereocenters. The molecule has 3 heterocycles. The lowest BCUT2D eigenvalue weighted by molar-refractivity contribution is -0.136. The van der Waals surface area contributed by atoms with Gasteiger partial charge in [-0.05, 0) is 48.9 Å². The third-order valence-electron chi connectivity index (χ3n) is 6.71. The Kier molecular flexibility index (Phi) is 7.10. The molecule has 0 saturated carbocycles. The number of fused-ring (bicyclic) bond motifs is 2. The van der Waals surface area contributed by atoms with Gasteiger partial charge in [-0.2, -0.15) is 23.1 Å². The van der Waals surface area contributed by atoms with Crippen molar-refractivity contribution in [3.8, 4) is 5.75 Å². The quantitative estimate of drug-likeness (QED) is 0.290. The average Bonchev–Trinajstić information content (AvgIpc) is 3.33. The molecule has 5 rings (SSSR count). The first kappa shape index (κ1) is 27.7. The number of para-hydroxylation sites is 1. The summed E-state index contributed by atoms with van der Waals surface area (Å²) in [6.45, 7) is 1.64. The molecule has 0 amide bonds. The van der Waals surface area contributed by atoms with Crippen LogP contribution in [0.2, 0.25) is 0 Å². The van der Waals surface area contributed by atoms with E-state index in [1.54, 1.807) is 6.07 Å². The molecule has 40 heavy (non-hydrogen) atoms. The smallest absolute Gasteiger partial charge is 0.418 e. The maximum atomic E-state index is 13.9. The Bertz CT molecular complexity index is 1690. The molecule has 0 spiro atoms. The number of H-pyrrole nitrogens is 1. The van der Waals surface area contributed by atoms with E-state index in [-0.39, 0.29) is 33.4 Å². The molecule has 2 aromatic carbocycles. The molecule has 0 radical (unpaired) electrons. The normalized spacial score (nSPS) is 14.4. The minimum Gasteiger partial charge on any atom is -0.495 e. The van der Waals surface area contributed by atoms with Crippen molar-refractivity contribution in [3.05, 3.63) is 59.3 Å². The summed E-state index contributed by atoms with van der Waals surface area (Å²) >= 11 is 0. The van der Waals surface area contributed by atoms with Crippen molar-refractivity contribution in [1.82, 2.24) is 24.2 Å². The van der Waals surface area contributed by atoms with Crippen LogP contribution < -0.4 is 15.4 Å². The van der Waals surface area contributed by atoms with Gasteiger partial charge in [0, 0.05) is 33.4 Å². The molecule has 0 bridgehead atoms. The molecule has 4 aromatic rings. The van der Waals surface area contributed by atoms with Crippen molar-refractivity contribution < 1.29 is 26.3 Å². The number of aromatic nitrogens is 3. The van der Waals surface area contributed by atoms with Crippen LogP contribution in [0, 0.1) is 0 Å². The number of rotatable bonds is 7. The van der Waals surface area contributed by atoms with E-state index in [0.717, 1.165) is 41.1 Å². The van der Waals surface area contributed by atoms with Crippen LogP contribution in [0.5, 0.6) is 5.75 Å². The van der Waals surface area contributed by atoms with E-state index in [1.165, 1.54) is 39.4 Å². The van der Waals surface area contributed by atoms with Gasteiger partial charge in [-0.25, -0.2) is 12.7 Å². The van der Waals surface area contributed by atoms with Crippen molar-refractivity contribution in [2.24, 2.45) is 0 Å².